The number of hydrogen-bond acceptors (Lipinski definition) is 4. The highest BCUT2D eigenvalue weighted by atomic mass is 32.2. The summed E-state index contributed by atoms with van der Waals surface area (Å²) in [7, 11) is 0. The zero-order valence-corrected chi connectivity index (χ0v) is 10.8. The van der Waals surface area contributed by atoms with E-state index in [9.17, 15) is 5.11 Å². The molecule has 1 fully saturated rings. The van der Waals surface area contributed by atoms with Gasteiger partial charge >= 0.3 is 0 Å². The Bertz CT molecular complexity index is 331. The molecule has 0 aromatic carbocycles. The normalized spacial score (nSPS) is 28.2. The van der Waals surface area contributed by atoms with Crippen LogP contribution in [-0.2, 0) is 6.42 Å². The molecule has 0 saturated carbocycles. The summed E-state index contributed by atoms with van der Waals surface area (Å²) in [6.07, 6.45) is 2.82. The molecule has 2 unspecified atom stereocenters. The summed E-state index contributed by atoms with van der Waals surface area (Å²) in [4.78, 5) is 4.40. The van der Waals surface area contributed by atoms with Gasteiger partial charge < -0.3 is 5.11 Å². The lowest BCUT2D eigenvalue weighted by Gasteiger charge is -2.28. The van der Waals surface area contributed by atoms with E-state index in [-0.39, 0.29) is 10.9 Å². The molecule has 0 aliphatic carbocycles. The lowest BCUT2D eigenvalue weighted by Crippen LogP contribution is -2.35. The molecule has 1 aliphatic heterocycles. The summed E-state index contributed by atoms with van der Waals surface area (Å²) in [6, 6.07) is 0. The standard InChI is InChI=1S/C11H17NOS2/c1-8-7-14-10(12-8)6-9(13)11(2)4-3-5-15-11/h7,9,13H,3-6H2,1-2H3. The fourth-order valence-electron chi connectivity index (χ4n) is 1.94. The van der Waals surface area contributed by atoms with E-state index in [1.54, 1.807) is 11.3 Å². The number of hydrogen-bond donors (Lipinski definition) is 1. The van der Waals surface area contributed by atoms with E-state index < -0.39 is 0 Å². The molecule has 1 saturated heterocycles. The van der Waals surface area contributed by atoms with Gasteiger partial charge in [0, 0.05) is 22.2 Å². The maximum absolute atomic E-state index is 10.2. The van der Waals surface area contributed by atoms with E-state index in [0.717, 1.165) is 17.1 Å². The molecule has 1 aromatic rings. The number of thiazole rings is 1. The minimum atomic E-state index is -0.254. The van der Waals surface area contributed by atoms with Gasteiger partial charge in [0.25, 0.3) is 0 Å². The monoisotopic (exact) mass is 243 g/mol. The van der Waals surface area contributed by atoms with Crippen molar-refractivity contribution in [2.45, 2.75) is 44.0 Å². The van der Waals surface area contributed by atoms with Crippen LogP contribution in [0.15, 0.2) is 5.38 Å². The second-order valence-corrected chi connectivity index (χ2v) is 6.94. The summed E-state index contributed by atoms with van der Waals surface area (Å²) in [5, 5.41) is 13.3. The van der Waals surface area contributed by atoms with Crippen molar-refractivity contribution in [3.8, 4) is 0 Å². The summed E-state index contributed by atoms with van der Waals surface area (Å²) in [5.74, 6) is 1.18. The van der Waals surface area contributed by atoms with E-state index in [1.807, 2.05) is 24.1 Å². The number of aromatic nitrogens is 1. The molecular formula is C11H17NOS2. The van der Waals surface area contributed by atoms with E-state index in [2.05, 4.69) is 11.9 Å². The van der Waals surface area contributed by atoms with E-state index in [4.69, 9.17) is 0 Å². The highest BCUT2D eigenvalue weighted by Gasteiger charge is 2.37. The van der Waals surface area contributed by atoms with Crippen LogP contribution in [0, 0.1) is 6.92 Å². The topological polar surface area (TPSA) is 33.1 Å². The molecule has 15 heavy (non-hydrogen) atoms. The van der Waals surface area contributed by atoms with Gasteiger partial charge in [-0.2, -0.15) is 11.8 Å². The maximum atomic E-state index is 10.2. The van der Waals surface area contributed by atoms with Gasteiger partial charge in [-0.1, -0.05) is 0 Å². The first-order valence-electron chi connectivity index (χ1n) is 5.33. The fourth-order valence-corrected chi connectivity index (χ4v) is 4.07. The molecular weight excluding hydrogens is 226 g/mol. The molecule has 0 amide bonds. The van der Waals surface area contributed by atoms with Crippen molar-refractivity contribution in [1.29, 1.82) is 0 Å². The van der Waals surface area contributed by atoms with Gasteiger partial charge in [0.05, 0.1) is 11.1 Å². The number of rotatable bonds is 3. The molecule has 0 spiro atoms. The van der Waals surface area contributed by atoms with Gasteiger partial charge in [0.2, 0.25) is 0 Å². The van der Waals surface area contributed by atoms with E-state index >= 15 is 0 Å². The lowest BCUT2D eigenvalue weighted by atomic mass is 9.96. The van der Waals surface area contributed by atoms with E-state index in [0.29, 0.717) is 6.42 Å². The maximum Gasteiger partial charge on any atom is 0.0954 e. The Morgan fingerprint density at radius 3 is 3.00 bits per heavy atom. The first kappa shape index (κ1) is 11.4. The third-order valence-corrected chi connectivity index (χ3v) is 5.61. The van der Waals surface area contributed by atoms with Gasteiger partial charge in [-0.15, -0.1) is 11.3 Å². The predicted molar refractivity (Wildman–Crippen MR) is 66.7 cm³/mol. The highest BCUT2D eigenvalue weighted by molar-refractivity contribution is 8.00. The van der Waals surface area contributed by atoms with Gasteiger partial charge in [0.15, 0.2) is 0 Å². The lowest BCUT2D eigenvalue weighted by molar-refractivity contribution is 0.133. The average Bonchev–Trinajstić information content (AvgIpc) is 2.76. The van der Waals surface area contributed by atoms with Gasteiger partial charge in [-0.3, -0.25) is 0 Å². The Kier molecular flexibility index (Phi) is 3.38. The summed E-state index contributed by atoms with van der Waals surface area (Å²) < 4.78 is 0.0551. The largest absolute Gasteiger partial charge is 0.391 e. The molecule has 1 N–H and O–H groups in total. The van der Waals surface area contributed by atoms with Gasteiger partial charge in [-0.25, -0.2) is 4.98 Å². The van der Waals surface area contributed by atoms with Crippen LogP contribution < -0.4 is 0 Å². The molecule has 2 rings (SSSR count). The fraction of sp³-hybridized carbons (Fsp3) is 0.727. The molecule has 2 nitrogen and oxygen atoms in total. The van der Waals surface area contributed by atoms with Crippen molar-refractivity contribution in [3.63, 3.8) is 0 Å². The molecule has 84 valence electrons. The van der Waals surface area contributed by atoms with Gasteiger partial charge in [-0.05, 0) is 32.4 Å². The Labute approximate surface area is 99.1 Å². The molecule has 4 heteroatoms. The molecule has 1 aromatic heterocycles. The quantitative estimate of drug-likeness (QED) is 0.886. The smallest absolute Gasteiger partial charge is 0.0954 e. The molecule has 0 bridgehead atoms. The average molecular weight is 243 g/mol. The number of thioether (sulfide) groups is 1. The Hall–Kier alpha value is -0.0600. The zero-order valence-electron chi connectivity index (χ0n) is 9.19. The van der Waals surface area contributed by atoms with Crippen LogP contribution in [0.2, 0.25) is 0 Å². The summed E-state index contributed by atoms with van der Waals surface area (Å²) >= 11 is 3.56. The van der Waals surface area contributed by atoms with Crippen molar-refractivity contribution in [3.05, 3.63) is 16.1 Å². The Balaban J connectivity index is 1.99. The number of aliphatic hydroxyl groups is 1. The molecule has 2 atom stereocenters. The first-order valence-corrected chi connectivity index (χ1v) is 7.20. The molecule has 2 heterocycles. The summed E-state index contributed by atoms with van der Waals surface area (Å²) in [6.45, 7) is 4.17. The third kappa shape index (κ3) is 2.55. The number of nitrogens with zero attached hydrogens (tertiary/aromatic N) is 1. The summed E-state index contributed by atoms with van der Waals surface area (Å²) in [5.41, 5.74) is 1.06. The molecule has 0 radical (unpaired) electrons. The second-order valence-electron chi connectivity index (χ2n) is 4.37. The Morgan fingerprint density at radius 2 is 2.47 bits per heavy atom. The van der Waals surface area contributed by atoms with Crippen LogP contribution in [0.5, 0.6) is 0 Å². The number of aryl methyl sites for hydroxylation is 1. The number of aliphatic hydroxyl groups excluding tert-OH is 1. The van der Waals surface area contributed by atoms with Crippen LogP contribution in [0.4, 0.5) is 0 Å². The van der Waals surface area contributed by atoms with Crippen molar-refractivity contribution >= 4 is 23.1 Å². The van der Waals surface area contributed by atoms with Gasteiger partial charge in [0.1, 0.15) is 0 Å². The first-order chi connectivity index (χ1) is 7.10. The van der Waals surface area contributed by atoms with Crippen LogP contribution in [0.25, 0.3) is 0 Å². The zero-order chi connectivity index (χ0) is 10.9. The molecule has 1 aliphatic rings. The second kappa shape index (κ2) is 4.44. The highest BCUT2D eigenvalue weighted by Crippen LogP contribution is 2.41. The van der Waals surface area contributed by atoms with Crippen LogP contribution in [-0.4, -0.2) is 26.7 Å². The van der Waals surface area contributed by atoms with Crippen LogP contribution >= 0.6 is 23.1 Å². The predicted octanol–water partition coefficient (Wildman–Crippen LogP) is 2.64. The van der Waals surface area contributed by atoms with Crippen molar-refractivity contribution in [2.75, 3.05) is 5.75 Å². The minimum absolute atomic E-state index is 0.0551. The Morgan fingerprint density at radius 1 is 1.67 bits per heavy atom. The third-order valence-electron chi connectivity index (χ3n) is 2.99. The van der Waals surface area contributed by atoms with Crippen molar-refractivity contribution < 1.29 is 5.11 Å². The van der Waals surface area contributed by atoms with Crippen molar-refractivity contribution in [2.24, 2.45) is 0 Å². The van der Waals surface area contributed by atoms with E-state index in [1.165, 1.54) is 12.2 Å². The van der Waals surface area contributed by atoms with Crippen molar-refractivity contribution in [1.82, 2.24) is 4.98 Å². The van der Waals surface area contributed by atoms with Crippen LogP contribution in [0.1, 0.15) is 30.5 Å². The minimum Gasteiger partial charge on any atom is -0.391 e. The SMILES string of the molecule is Cc1csc(CC(O)C2(C)CCCS2)n1. The van der Waals surface area contributed by atoms with Crippen LogP contribution in [0.3, 0.4) is 0 Å².